The summed E-state index contributed by atoms with van der Waals surface area (Å²) < 4.78 is 36.0. The number of hydrogen-bond acceptors (Lipinski definition) is 6. The van der Waals surface area contributed by atoms with Gasteiger partial charge in [0.25, 0.3) is 0 Å². The van der Waals surface area contributed by atoms with Crippen molar-refractivity contribution in [3.05, 3.63) is 6.20 Å². The number of nitrogens with zero attached hydrogens (tertiary/aromatic N) is 3. The zero-order chi connectivity index (χ0) is 14.6. The maximum atomic E-state index is 12.0. The van der Waals surface area contributed by atoms with Crippen molar-refractivity contribution in [1.29, 1.82) is 0 Å². The number of alkyl halides is 3. The van der Waals surface area contributed by atoms with Crippen molar-refractivity contribution in [3.8, 4) is 0 Å². The van der Waals surface area contributed by atoms with Gasteiger partial charge in [0.1, 0.15) is 5.82 Å². The SMILES string of the molecule is NNc1nc(NCCCCC(F)(F)F)c2cn[nH]c2n1. The maximum Gasteiger partial charge on any atom is 0.389 e. The van der Waals surface area contributed by atoms with E-state index in [1.54, 1.807) is 0 Å². The highest BCUT2D eigenvalue weighted by Gasteiger charge is 2.25. The van der Waals surface area contributed by atoms with Crippen molar-refractivity contribution in [2.45, 2.75) is 25.4 Å². The van der Waals surface area contributed by atoms with Gasteiger partial charge in [0, 0.05) is 13.0 Å². The average molecular weight is 289 g/mol. The Balaban J connectivity index is 1.94. The van der Waals surface area contributed by atoms with Gasteiger partial charge in [-0.1, -0.05) is 0 Å². The van der Waals surface area contributed by atoms with E-state index in [2.05, 4.69) is 30.9 Å². The van der Waals surface area contributed by atoms with Crippen LogP contribution in [0, 0.1) is 0 Å². The number of aromatic amines is 1. The van der Waals surface area contributed by atoms with E-state index in [4.69, 9.17) is 5.84 Å². The molecule has 7 nitrogen and oxygen atoms in total. The molecule has 0 aliphatic rings. The van der Waals surface area contributed by atoms with Crippen LogP contribution in [0.4, 0.5) is 24.9 Å². The van der Waals surface area contributed by atoms with Crippen LogP contribution in [0.3, 0.4) is 0 Å². The van der Waals surface area contributed by atoms with Crippen molar-refractivity contribution in [2.75, 3.05) is 17.3 Å². The highest BCUT2D eigenvalue weighted by molar-refractivity contribution is 5.86. The molecular weight excluding hydrogens is 275 g/mol. The summed E-state index contributed by atoms with van der Waals surface area (Å²) in [5.41, 5.74) is 2.80. The summed E-state index contributed by atoms with van der Waals surface area (Å²) in [5.74, 6) is 5.91. The van der Waals surface area contributed by atoms with E-state index in [1.807, 2.05) is 0 Å². The molecule has 5 N–H and O–H groups in total. The Bertz CT molecular complexity index is 565. The first-order valence-electron chi connectivity index (χ1n) is 5.98. The first-order chi connectivity index (χ1) is 9.49. The summed E-state index contributed by atoms with van der Waals surface area (Å²) >= 11 is 0. The van der Waals surface area contributed by atoms with E-state index >= 15 is 0 Å². The molecule has 0 saturated carbocycles. The van der Waals surface area contributed by atoms with E-state index in [1.165, 1.54) is 6.20 Å². The predicted octanol–water partition coefficient (Wildman–Crippen LogP) is 1.78. The third-order valence-electron chi connectivity index (χ3n) is 2.62. The maximum absolute atomic E-state index is 12.0. The first kappa shape index (κ1) is 14.3. The number of unbranched alkanes of at least 4 members (excludes halogenated alkanes) is 1. The first-order valence-corrected chi connectivity index (χ1v) is 5.98. The van der Waals surface area contributed by atoms with Crippen LogP contribution in [0.25, 0.3) is 11.0 Å². The van der Waals surface area contributed by atoms with Crippen LogP contribution < -0.4 is 16.6 Å². The third kappa shape index (κ3) is 3.70. The molecule has 0 atom stereocenters. The number of nitrogens with one attached hydrogen (secondary N) is 3. The fraction of sp³-hybridized carbons (Fsp3) is 0.500. The summed E-state index contributed by atoms with van der Waals surface area (Å²) in [7, 11) is 0. The van der Waals surface area contributed by atoms with Crippen LogP contribution in [0.2, 0.25) is 0 Å². The van der Waals surface area contributed by atoms with Gasteiger partial charge in [-0.25, -0.2) is 5.84 Å². The smallest absolute Gasteiger partial charge is 0.369 e. The summed E-state index contributed by atoms with van der Waals surface area (Å²) in [6.07, 6.45) is -2.90. The molecule has 2 aromatic rings. The summed E-state index contributed by atoms with van der Waals surface area (Å²) in [4.78, 5) is 8.13. The van der Waals surface area contributed by atoms with Crippen molar-refractivity contribution in [1.82, 2.24) is 20.2 Å². The minimum absolute atomic E-state index is 0.0676. The van der Waals surface area contributed by atoms with Crippen LogP contribution in [-0.4, -0.2) is 32.9 Å². The summed E-state index contributed by atoms with van der Waals surface area (Å²) in [5, 5.41) is 10.1. The number of halogens is 3. The van der Waals surface area contributed by atoms with Gasteiger partial charge in [0.15, 0.2) is 5.65 Å². The quantitative estimate of drug-likeness (QED) is 0.367. The predicted molar refractivity (Wildman–Crippen MR) is 67.9 cm³/mol. The van der Waals surface area contributed by atoms with Gasteiger partial charge < -0.3 is 5.32 Å². The highest BCUT2D eigenvalue weighted by Crippen LogP contribution is 2.23. The lowest BCUT2D eigenvalue weighted by Crippen LogP contribution is -2.13. The Morgan fingerprint density at radius 2 is 2.05 bits per heavy atom. The van der Waals surface area contributed by atoms with Gasteiger partial charge >= 0.3 is 6.18 Å². The molecule has 0 bridgehead atoms. The Hall–Kier alpha value is -2.10. The molecular formula is C10H14F3N7. The summed E-state index contributed by atoms with van der Waals surface area (Å²) in [6, 6.07) is 0. The number of hydrazine groups is 1. The second-order valence-electron chi connectivity index (χ2n) is 4.17. The van der Waals surface area contributed by atoms with Gasteiger partial charge in [-0.2, -0.15) is 28.2 Å². The number of rotatable bonds is 6. The van der Waals surface area contributed by atoms with Gasteiger partial charge in [0.2, 0.25) is 5.95 Å². The second-order valence-corrected chi connectivity index (χ2v) is 4.17. The van der Waals surface area contributed by atoms with Crippen LogP contribution in [0.5, 0.6) is 0 Å². The number of hydrogen-bond donors (Lipinski definition) is 4. The standard InChI is InChI=1S/C10H14F3N7/c11-10(12,13)3-1-2-4-15-7-6-5-16-20-8(6)18-9(17-7)19-14/h5H,1-4,14H2,(H3,15,16,17,18,19,20). The molecule has 0 aliphatic heterocycles. The Labute approximate surface area is 112 Å². The lowest BCUT2D eigenvalue weighted by atomic mass is 10.2. The van der Waals surface area contributed by atoms with Gasteiger partial charge in [0.05, 0.1) is 11.6 Å². The van der Waals surface area contributed by atoms with E-state index in [-0.39, 0.29) is 12.4 Å². The largest absolute Gasteiger partial charge is 0.389 e. The Kier molecular flexibility index (Phi) is 4.23. The minimum Gasteiger partial charge on any atom is -0.369 e. The molecule has 110 valence electrons. The molecule has 0 spiro atoms. The molecule has 0 aliphatic carbocycles. The molecule has 0 amide bonds. The van der Waals surface area contributed by atoms with E-state index < -0.39 is 12.6 Å². The number of fused-ring (bicyclic) bond motifs is 1. The lowest BCUT2D eigenvalue weighted by molar-refractivity contribution is -0.135. The zero-order valence-electron chi connectivity index (χ0n) is 10.5. The molecule has 2 aromatic heterocycles. The molecule has 0 unspecified atom stereocenters. The van der Waals surface area contributed by atoms with Crippen LogP contribution >= 0.6 is 0 Å². The molecule has 0 aromatic carbocycles. The molecule has 0 saturated heterocycles. The van der Waals surface area contributed by atoms with E-state index in [0.717, 1.165) is 0 Å². The van der Waals surface area contributed by atoms with Gasteiger partial charge in [-0.05, 0) is 12.8 Å². The van der Waals surface area contributed by atoms with Crippen molar-refractivity contribution in [3.63, 3.8) is 0 Å². The monoisotopic (exact) mass is 289 g/mol. The normalized spacial score (nSPS) is 11.8. The molecule has 2 heterocycles. The fourth-order valence-electron chi connectivity index (χ4n) is 1.69. The van der Waals surface area contributed by atoms with Crippen LogP contribution in [0.1, 0.15) is 19.3 Å². The minimum atomic E-state index is -4.11. The van der Waals surface area contributed by atoms with E-state index in [9.17, 15) is 13.2 Å². The van der Waals surface area contributed by atoms with E-state index in [0.29, 0.717) is 29.8 Å². The van der Waals surface area contributed by atoms with Gasteiger partial charge in [-0.15, -0.1) is 0 Å². The topological polar surface area (TPSA) is 105 Å². The van der Waals surface area contributed by atoms with Crippen LogP contribution in [-0.2, 0) is 0 Å². The molecule has 20 heavy (non-hydrogen) atoms. The van der Waals surface area contributed by atoms with Crippen molar-refractivity contribution >= 4 is 22.8 Å². The number of nitrogen functional groups attached to an aromatic ring is 1. The number of nitrogens with two attached hydrogens (primary N) is 1. The number of H-pyrrole nitrogens is 1. The van der Waals surface area contributed by atoms with Crippen molar-refractivity contribution < 1.29 is 13.2 Å². The Morgan fingerprint density at radius 3 is 2.75 bits per heavy atom. The highest BCUT2D eigenvalue weighted by atomic mass is 19.4. The average Bonchev–Trinajstić information content (AvgIpc) is 2.84. The molecule has 2 rings (SSSR count). The second kappa shape index (κ2) is 5.90. The Morgan fingerprint density at radius 1 is 1.25 bits per heavy atom. The molecule has 10 heteroatoms. The third-order valence-corrected chi connectivity index (χ3v) is 2.62. The fourth-order valence-corrected chi connectivity index (χ4v) is 1.69. The van der Waals surface area contributed by atoms with Crippen molar-refractivity contribution in [2.24, 2.45) is 5.84 Å². The molecule has 0 radical (unpaired) electrons. The summed E-state index contributed by atoms with van der Waals surface area (Å²) in [6.45, 7) is 0.372. The number of anilines is 2. The zero-order valence-corrected chi connectivity index (χ0v) is 10.5. The number of aromatic nitrogens is 4. The van der Waals surface area contributed by atoms with Gasteiger partial charge in [-0.3, -0.25) is 10.5 Å². The lowest BCUT2D eigenvalue weighted by Gasteiger charge is -2.09. The van der Waals surface area contributed by atoms with Crippen LogP contribution in [0.15, 0.2) is 6.20 Å². The molecule has 0 fully saturated rings.